The molecule has 0 N–H and O–H groups in total. The van der Waals surface area contributed by atoms with Crippen LogP contribution in [0.15, 0.2) is 18.2 Å². The van der Waals surface area contributed by atoms with Crippen LogP contribution < -0.4 is 10.6 Å². The van der Waals surface area contributed by atoms with Crippen LogP contribution in [0, 0.1) is 0 Å². The van der Waals surface area contributed by atoms with Gasteiger partial charge in [0.1, 0.15) is 0 Å². The van der Waals surface area contributed by atoms with Crippen LogP contribution >= 0.6 is 15.2 Å². The van der Waals surface area contributed by atoms with Gasteiger partial charge >= 0.3 is 15.2 Å². The Hall–Kier alpha value is -0.480. The molecular formula is C13H22O6P2. The topological polar surface area (TPSA) is 71.1 Å². The van der Waals surface area contributed by atoms with E-state index in [0.29, 0.717) is 6.42 Å². The summed E-state index contributed by atoms with van der Waals surface area (Å²) in [5.74, 6) is 0. The van der Waals surface area contributed by atoms with Crippen LogP contribution in [-0.2, 0) is 33.6 Å². The fourth-order valence-corrected chi connectivity index (χ4v) is 5.47. The first-order chi connectivity index (χ1) is 9.92. The van der Waals surface area contributed by atoms with Crippen molar-refractivity contribution in [3.05, 3.63) is 23.8 Å². The van der Waals surface area contributed by atoms with Crippen molar-refractivity contribution in [1.82, 2.24) is 0 Å². The fraction of sp³-hybridized carbons (Fsp3) is 0.538. The minimum Gasteiger partial charge on any atom is -0.309 e. The molecule has 0 amide bonds. The molecule has 0 radical (unpaired) electrons. The lowest BCUT2D eigenvalue weighted by molar-refractivity contribution is 0.283. The molecule has 0 bridgehead atoms. The van der Waals surface area contributed by atoms with Crippen molar-refractivity contribution in [3.8, 4) is 0 Å². The van der Waals surface area contributed by atoms with Crippen molar-refractivity contribution in [3.63, 3.8) is 0 Å². The third-order valence-corrected chi connectivity index (χ3v) is 7.29. The highest BCUT2D eigenvalue weighted by Gasteiger charge is 2.38. The molecule has 0 aliphatic rings. The Morgan fingerprint density at radius 2 is 1.43 bits per heavy atom. The Morgan fingerprint density at radius 1 is 0.905 bits per heavy atom. The first kappa shape index (κ1) is 18.6. The predicted octanol–water partition coefficient (Wildman–Crippen LogP) is 2.86. The second kappa shape index (κ2) is 7.68. The van der Waals surface area contributed by atoms with Crippen LogP contribution in [0.1, 0.15) is 18.9 Å². The zero-order valence-electron chi connectivity index (χ0n) is 13.0. The van der Waals surface area contributed by atoms with Crippen LogP contribution in [0.2, 0.25) is 0 Å². The van der Waals surface area contributed by atoms with Gasteiger partial charge in [0.15, 0.2) is 0 Å². The van der Waals surface area contributed by atoms with Crippen LogP contribution in [0.25, 0.3) is 0 Å². The molecule has 0 saturated heterocycles. The van der Waals surface area contributed by atoms with Gasteiger partial charge in [-0.15, -0.1) is 0 Å². The largest absolute Gasteiger partial charge is 0.362 e. The Bertz CT molecular complexity index is 556. The van der Waals surface area contributed by atoms with E-state index < -0.39 is 15.2 Å². The van der Waals surface area contributed by atoms with Gasteiger partial charge in [0.25, 0.3) is 0 Å². The molecule has 0 aromatic heterocycles. The molecule has 0 aliphatic heterocycles. The van der Waals surface area contributed by atoms with Gasteiger partial charge in [-0.2, -0.15) is 0 Å². The molecule has 21 heavy (non-hydrogen) atoms. The summed E-state index contributed by atoms with van der Waals surface area (Å²) in [6.07, 6.45) is 1.47. The van der Waals surface area contributed by atoms with Crippen molar-refractivity contribution in [1.29, 1.82) is 0 Å². The summed E-state index contributed by atoms with van der Waals surface area (Å²) >= 11 is 0. The second-order valence-corrected chi connectivity index (χ2v) is 8.64. The van der Waals surface area contributed by atoms with Crippen molar-refractivity contribution >= 4 is 25.8 Å². The van der Waals surface area contributed by atoms with E-state index in [1.165, 1.54) is 28.4 Å². The highest BCUT2D eigenvalue weighted by molar-refractivity contribution is 7.68. The second-order valence-electron chi connectivity index (χ2n) is 4.26. The van der Waals surface area contributed by atoms with E-state index in [2.05, 4.69) is 0 Å². The number of benzene rings is 1. The lowest BCUT2D eigenvalue weighted by atomic mass is 10.1. The van der Waals surface area contributed by atoms with Crippen molar-refractivity contribution < 1.29 is 27.2 Å². The first-order valence-electron chi connectivity index (χ1n) is 6.48. The molecule has 8 heteroatoms. The maximum Gasteiger partial charge on any atom is 0.362 e. The summed E-state index contributed by atoms with van der Waals surface area (Å²) in [5, 5.41) is 0.481. The van der Waals surface area contributed by atoms with Crippen LogP contribution in [-0.4, -0.2) is 28.4 Å². The van der Waals surface area contributed by atoms with Crippen LogP contribution in [0.3, 0.4) is 0 Å². The lowest BCUT2D eigenvalue weighted by Gasteiger charge is -2.23. The van der Waals surface area contributed by atoms with Crippen molar-refractivity contribution in [2.24, 2.45) is 0 Å². The summed E-state index contributed by atoms with van der Waals surface area (Å²) in [4.78, 5) is 0. The molecule has 0 atom stereocenters. The Balaban J connectivity index is 3.70. The number of hydrogen-bond acceptors (Lipinski definition) is 6. The number of hydrogen-bond donors (Lipinski definition) is 0. The van der Waals surface area contributed by atoms with E-state index in [-0.39, 0.29) is 10.6 Å². The standard InChI is InChI=1S/C13H22O6P2/c1-6-8-11-9-7-10-12(20(14,16-2)17-3)13(11)21(15,18-4)19-5/h7,9-10H,6,8H2,1-5H3. The van der Waals surface area contributed by atoms with Gasteiger partial charge in [-0.1, -0.05) is 25.5 Å². The number of rotatable bonds is 8. The maximum atomic E-state index is 12.9. The fourth-order valence-electron chi connectivity index (χ4n) is 2.11. The van der Waals surface area contributed by atoms with E-state index in [0.717, 1.165) is 12.0 Å². The SMILES string of the molecule is CCCc1cccc(P(=O)(OC)OC)c1P(=O)(OC)OC. The molecule has 0 spiro atoms. The van der Waals surface area contributed by atoms with Crippen LogP contribution in [0.5, 0.6) is 0 Å². The molecule has 0 heterocycles. The predicted molar refractivity (Wildman–Crippen MR) is 83.0 cm³/mol. The molecule has 0 saturated carbocycles. The highest BCUT2D eigenvalue weighted by Crippen LogP contribution is 2.52. The van der Waals surface area contributed by atoms with Gasteiger partial charge < -0.3 is 18.1 Å². The summed E-state index contributed by atoms with van der Waals surface area (Å²) in [5.41, 5.74) is 0.747. The zero-order valence-corrected chi connectivity index (χ0v) is 14.8. The normalized spacial score (nSPS) is 12.6. The molecule has 0 unspecified atom stereocenters. The minimum absolute atomic E-state index is 0.213. The molecule has 120 valence electrons. The summed E-state index contributed by atoms with van der Waals surface area (Å²) in [7, 11) is -2.02. The quantitative estimate of drug-likeness (QED) is 0.680. The smallest absolute Gasteiger partial charge is 0.309 e. The molecule has 1 aromatic rings. The molecule has 0 fully saturated rings. The summed E-state index contributed by atoms with van der Waals surface area (Å²) < 4.78 is 45.8. The Morgan fingerprint density at radius 3 is 1.86 bits per heavy atom. The zero-order chi connectivity index (χ0) is 16.1. The van der Waals surface area contributed by atoms with Gasteiger partial charge in [0.2, 0.25) is 0 Å². The molecule has 6 nitrogen and oxygen atoms in total. The van der Waals surface area contributed by atoms with Gasteiger partial charge in [-0.3, -0.25) is 9.13 Å². The number of aryl methyl sites for hydroxylation is 1. The van der Waals surface area contributed by atoms with Crippen molar-refractivity contribution in [2.45, 2.75) is 19.8 Å². The van der Waals surface area contributed by atoms with Gasteiger partial charge in [-0.25, -0.2) is 0 Å². The van der Waals surface area contributed by atoms with E-state index in [1.54, 1.807) is 12.1 Å². The van der Waals surface area contributed by atoms with Gasteiger partial charge in [-0.05, 0) is 18.1 Å². The third-order valence-electron chi connectivity index (χ3n) is 3.15. The van der Waals surface area contributed by atoms with Gasteiger partial charge in [0.05, 0.1) is 10.6 Å². The first-order valence-corrected chi connectivity index (χ1v) is 9.57. The lowest BCUT2D eigenvalue weighted by Crippen LogP contribution is -2.30. The molecule has 0 aliphatic carbocycles. The molecule has 1 rings (SSSR count). The summed E-state index contributed by atoms with van der Waals surface area (Å²) in [6, 6.07) is 5.10. The van der Waals surface area contributed by atoms with E-state index >= 15 is 0 Å². The van der Waals surface area contributed by atoms with Gasteiger partial charge in [0, 0.05) is 28.4 Å². The highest BCUT2D eigenvalue weighted by atomic mass is 31.2. The Labute approximate surface area is 125 Å². The van der Waals surface area contributed by atoms with Crippen molar-refractivity contribution in [2.75, 3.05) is 28.4 Å². The monoisotopic (exact) mass is 336 g/mol. The maximum absolute atomic E-state index is 12.9. The molecular weight excluding hydrogens is 314 g/mol. The van der Waals surface area contributed by atoms with E-state index in [9.17, 15) is 9.13 Å². The average Bonchev–Trinajstić information content (AvgIpc) is 2.53. The molecule has 1 aromatic carbocycles. The minimum atomic E-state index is -3.59. The third kappa shape index (κ3) is 3.65. The average molecular weight is 336 g/mol. The van der Waals surface area contributed by atoms with Crippen LogP contribution in [0.4, 0.5) is 0 Å². The summed E-state index contributed by atoms with van der Waals surface area (Å²) in [6.45, 7) is 1.99. The van der Waals surface area contributed by atoms with E-state index in [1.807, 2.05) is 13.0 Å². The van der Waals surface area contributed by atoms with E-state index in [4.69, 9.17) is 18.1 Å². The Kier molecular flexibility index (Phi) is 6.79.